The highest BCUT2D eigenvalue weighted by Crippen LogP contribution is 2.11. The van der Waals surface area contributed by atoms with Gasteiger partial charge in [-0.15, -0.1) is 0 Å². The molecule has 0 atom stereocenters. The summed E-state index contributed by atoms with van der Waals surface area (Å²) >= 11 is 0. The Hall–Kier alpha value is -1.84. The van der Waals surface area contributed by atoms with E-state index in [9.17, 15) is 9.59 Å². The number of hydrogen-bond acceptors (Lipinski definition) is 2. The maximum absolute atomic E-state index is 12.4. The first-order chi connectivity index (χ1) is 10.2. The average Bonchev–Trinajstić information content (AvgIpc) is 2.54. The van der Waals surface area contributed by atoms with E-state index in [1.54, 1.807) is 0 Å². The van der Waals surface area contributed by atoms with E-state index in [1.807, 2.05) is 41.0 Å². The normalized spacial score (nSPS) is 15.1. The summed E-state index contributed by atoms with van der Waals surface area (Å²) in [7, 11) is 0. The molecule has 1 aliphatic heterocycles. The lowest BCUT2D eigenvalue weighted by Crippen LogP contribution is -2.50. The van der Waals surface area contributed by atoms with Crippen LogP contribution in [0.2, 0.25) is 0 Å². The van der Waals surface area contributed by atoms with Crippen LogP contribution in [0.1, 0.15) is 42.6 Å². The Bertz CT molecular complexity index is 488. The molecule has 1 heterocycles. The Balaban J connectivity index is 1.92. The van der Waals surface area contributed by atoms with Crippen LogP contribution in [0.15, 0.2) is 24.3 Å². The van der Waals surface area contributed by atoms with Crippen LogP contribution in [0.3, 0.4) is 0 Å². The zero-order valence-corrected chi connectivity index (χ0v) is 13.0. The van der Waals surface area contributed by atoms with E-state index < -0.39 is 0 Å². The molecule has 2 rings (SSSR count). The summed E-state index contributed by atoms with van der Waals surface area (Å²) in [6.07, 6.45) is 2.46. The molecular weight excluding hydrogens is 264 g/mol. The minimum absolute atomic E-state index is 0.0697. The summed E-state index contributed by atoms with van der Waals surface area (Å²) in [5.74, 6) is 0.275. The number of nitrogens with zero attached hydrogens (tertiary/aromatic N) is 2. The highest BCUT2D eigenvalue weighted by molar-refractivity contribution is 5.94. The van der Waals surface area contributed by atoms with Gasteiger partial charge in [-0.3, -0.25) is 9.59 Å². The smallest absolute Gasteiger partial charge is 0.253 e. The van der Waals surface area contributed by atoms with Crippen LogP contribution >= 0.6 is 0 Å². The lowest BCUT2D eigenvalue weighted by Gasteiger charge is -2.34. The lowest BCUT2D eigenvalue weighted by atomic mass is 10.1. The molecule has 0 aromatic heterocycles. The van der Waals surface area contributed by atoms with Crippen molar-refractivity contribution in [1.29, 1.82) is 0 Å². The topological polar surface area (TPSA) is 40.6 Å². The van der Waals surface area contributed by atoms with Crippen LogP contribution in [0.5, 0.6) is 0 Å². The third kappa shape index (κ3) is 3.84. The van der Waals surface area contributed by atoms with Crippen molar-refractivity contribution < 1.29 is 9.59 Å². The van der Waals surface area contributed by atoms with Crippen molar-refractivity contribution in [3.8, 4) is 0 Å². The van der Waals surface area contributed by atoms with Crippen molar-refractivity contribution >= 4 is 11.8 Å². The second-order valence-corrected chi connectivity index (χ2v) is 5.47. The van der Waals surface area contributed by atoms with E-state index >= 15 is 0 Å². The van der Waals surface area contributed by atoms with Crippen molar-refractivity contribution in [3.63, 3.8) is 0 Å². The van der Waals surface area contributed by atoms with Gasteiger partial charge in [0.25, 0.3) is 5.91 Å². The summed E-state index contributed by atoms with van der Waals surface area (Å²) in [5.41, 5.74) is 1.97. The SMILES string of the molecule is CCCC(=O)N1CCN(C(=O)c2ccc(CC)cc2)CC1. The fourth-order valence-corrected chi connectivity index (χ4v) is 2.60. The zero-order chi connectivity index (χ0) is 15.2. The van der Waals surface area contributed by atoms with Gasteiger partial charge in [0, 0.05) is 38.2 Å². The number of carbonyl (C=O) groups is 2. The highest BCUT2D eigenvalue weighted by atomic mass is 16.2. The number of benzene rings is 1. The second-order valence-electron chi connectivity index (χ2n) is 5.47. The quantitative estimate of drug-likeness (QED) is 0.853. The Labute approximate surface area is 126 Å². The van der Waals surface area contributed by atoms with Gasteiger partial charge in [0.05, 0.1) is 0 Å². The monoisotopic (exact) mass is 288 g/mol. The Morgan fingerprint density at radius 3 is 2.05 bits per heavy atom. The lowest BCUT2D eigenvalue weighted by molar-refractivity contribution is -0.132. The molecule has 1 fully saturated rings. The highest BCUT2D eigenvalue weighted by Gasteiger charge is 2.24. The molecule has 0 unspecified atom stereocenters. The summed E-state index contributed by atoms with van der Waals surface area (Å²) in [6.45, 7) is 6.67. The molecule has 0 radical (unpaired) electrons. The summed E-state index contributed by atoms with van der Waals surface area (Å²) < 4.78 is 0. The summed E-state index contributed by atoms with van der Waals surface area (Å²) in [6, 6.07) is 7.81. The maximum Gasteiger partial charge on any atom is 0.253 e. The molecule has 21 heavy (non-hydrogen) atoms. The van der Waals surface area contributed by atoms with Gasteiger partial charge in [0.15, 0.2) is 0 Å². The molecule has 0 aliphatic carbocycles. The van der Waals surface area contributed by atoms with Crippen molar-refractivity contribution in [1.82, 2.24) is 9.80 Å². The number of amides is 2. The number of aryl methyl sites for hydroxylation is 1. The average molecular weight is 288 g/mol. The van der Waals surface area contributed by atoms with Gasteiger partial charge < -0.3 is 9.80 Å². The van der Waals surface area contributed by atoms with E-state index in [4.69, 9.17) is 0 Å². The van der Waals surface area contributed by atoms with Gasteiger partial charge in [0.1, 0.15) is 0 Å². The largest absolute Gasteiger partial charge is 0.339 e. The van der Waals surface area contributed by atoms with E-state index in [0.717, 1.165) is 18.4 Å². The molecule has 114 valence electrons. The Morgan fingerprint density at radius 1 is 0.952 bits per heavy atom. The molecule has 4 heteroatoms. The summed E-state index contributed by atoms with van der Waals surface area (Å²) in [5, 5.41) is 0. The van der Waals surface area contributed by atoms with Gasteiger partial charge in [-0.25, -0.2) is 0 Å². The standard InChI is InChI=1S/C17H24N2O2/c1-3-5-16(20)18-10-12-19(13-11-18)17(21)15-8-6-14(4-2)7-9-15/h6-9H,3-5,10-13H2,1-2H3. The minimum atomic E-state index is 0.0697. The fourth-order valence-electron chi connectivity index (χ4n) is 2.60. The van der Waals surface area contributed by atoms with Crippen LogP contribution in [-0.4, -0.2) is 47.8 Å². The molecule has 1 aromatic rings. The van der Waals surface area contributed by atoms with Crippen molar-refractivity contribution in [2.24, 2.45) is 0 Å². The van der Waals surface area contributed by atoms with E-state index in [-0.39, 0.29) is 11.8 Å². The third-order valence-corrected chi connectivity index (χ3v) is 3.99. The number of carbonyl (C=O) groups excluding carboxylic acids is 2. The predicted molar refractivity (Wildman–Crippen MR) is 83.2 cm³/mol. The molecule has 0 saturated carbocycles. The minimum Gasteiger partial charge on any atom is -0.339 e. The molecule has 1 aromatic carbocycles. The Kier molecular flexibility index (Phi) is 5.37. The van der Waals surface area contributed by atoms with Crippen molar-refractivity contribution in [2.75, 3.05) is 26.2 Å². The van der Waals surface area contributed by atoms with Crippen molar-refractivity contribution in [3.05, 3.63) is 35.4 Å². The number of rotatable bonds is 4. The predicted octanol–water partition coefficient (Wildman–Crippen LogP) is 2.33. The molecule has 1 aliphatic rings. The van der Waals surface area contributed by atoms with Gasteiger partial charge in [-0.2, -0.15) is 0 Å². The maximum atomic E-state index is 12.4. The van der Waals surface area contributed by atoms with Gasteiger partial charge in [-0.1, -0.05) is 26.0 Å². The van der Waals surface area contributed by atoms with Crippen LogP contribution in [0, 0.1) is 0 Å². The first kappa shape index (κ1) is 15.5. The molecule has 2 amide bonds. The van der Waals surface area contributed by atoms with Gasteiger partial charge in [-0.05, 0) is 30.5 Å². The van der Waals surface area contributed by atoms with Crippen LogP contribution in [-0.2, 0) is 11.2 Å². The Morgan fingerprint density at radius 2 is 1.52 bits per heavy atom. The van der Waals surface area contributed by atoms with Crippen LogP contribution in [0.25, 0.3) is 0 Å². The van der Waals surface area contributed by atoms with E-state index in [1.165, 1.54) is 5.56 Å². The second kappa shape index (κ2) is 7.25. The number of piperazine rings is 1. The molecule has 0 N–H and O–H groups in total. The number of hydrogen-bond donors (Lipinski definition) is 0. The van der Waals surface area contributed by atoms with Crippen LogP contribution in [0.4, 0.5) is 0 Å². The zero-order valence-electron chi connectivity index (χ0n) is 13.0. The molecule has 0 bridgehead atoms. The molecule has 4 nitrogen and oxygen atoms in total. The van der Waals surface area contributed by atoms with Gasteiger partial charge >= 0.3 is 0 Å². The molecular formula is C17H24N2O2. The van der Waals surface area contributed by atoms with Gasteiger partial charge in [0.2, 0.25) is 5.91 Å². The summed E-state index contributed by atoms with van der Waals surface area (Å²) in [4.78, 5) is 28.0. The first-order valence-corrected chi connectivity index (χ1v) is 7.81. The van der Waals surface area contributed by atoms with E-state index in [2.05, 4.69) is 6.92 Å². The molecule has 0 spiro atoms. The van der Waals surface area contributed by atoms with Crippen molar-refractivity contribution in [2.45, 2.75) is 33.1 Å². The third-order valence-electron chi connectivity index (χ3n) is 3.99. The van der Waals surface area contributed by atoms with E-state index in [0.29, 0.717) is 32.6 Å². The fraction of sp³-hybridized carbons (Fsp3) is 0.529. The van der Waals surface area contributed by atoms with Crippen LogP contribution < -0.4 is 0 Å². The first-order valence-electron chi connectivity index (χ1n) is 7.81. The molecule has 1 saturated heterocycles.